The zero-order valence-electron chi connectivity index (χ0n) is 13.5. The average Bonchev–Trinajstić information content (AvgIpc) is 3.19. The van der Waals surface area contributed by atoms with Crippen LogP contribution in [0.15, 0.2) is 12.4 Å². The molecule has 5 nitrogen and oxygen atoms in total. The quantitative estimate of drug-likeness (QED) is 0.889. The van der Waals surface area contributed by atoms with E-state index in [1.165, 1.54) is 10.4 Å². The summed E-state index contributed by atoms with van der Waals surface area (Å²) in [5.41, 5.74) is 2.36. The largest absolute Gasteiger partial charge is 0.373 e. The minimum absolute atomic E-state index is 0.178. The average molecular weight is 320 g/mol. The molecular formula is C16H24N4OS. The van der Waals surface area contributed by atoms with Crippen molar-refractivity contribution < 1.29 is 4.74 Å². The van der Waals surface area contributed by atoms with Crippen molar-refractivity contribution in [2.24, 2.45) is 5.92 Å². The number of thiazole rings is 1. The Morgan fingerprint density at radius 1 is 1.45 bits per heavy atom. The highest BCUT2D eigenvalue weighted by molar-refractivity contribution is 7.11. The molecule has 6 heteroatoms. The van der Waals surface area contributed by atoms with Gasteiger partial charge in [-0.2, -0.15) is 5.10 Å². The van der Waals surface area contributed by atoms with E-state index in [2.05, 4.69) is 42.4 Å². The lowest BCUT2D eigenvalue weighted by Gasteiger charge is -2.17. The molecule has 3 rings (SSSR count). The maximum Gasteiger partial charge on any atom is 0.0900 e. The van der Waals surface area contributed by atoms with Gasteiger partial charge >= 0.3 is 0 Å². The van der Waals surface area contributed by atoms with Crippen LogP contribution in [0.5, 0.6) is 0 Å². The van der Waals surface area contributed by atoms with E-state index >= 15 is 0 Å². The Hall–Kier alpha value is -1.24. The van der Waals surface area contributed by atoms with E-state index in [4.69, 9.17) is 4.74 Å². The Morgan fingerprint density at radius 3 is 3.00 bits per heavy atom. The molecule has 0 bridgehead atoms. The van der Waals surface area contributed by atoms with E-state index in [9.17, 15) is 0 Å². The summed E-state index contributed by atoms with van der Waals surface area (Å²) in [5, 5.41) is 9.09. The first-order chi connectivity index (χ1) is 10.7. The number of hydrogen-bond donors (Lipinski definition) is 1. The lowest BCUT2D eigenvalue weighted by Crippen LogP contribution is -2.24. The fourth-order valence-corrected chi connectivity index (χ4v) is 3.93. The summed E-state index contributed by atoms with van der Waals surface area (Å²) in [7, 11) is 0. The van der Waals surface area contributed by atoms with Gasteiger partial charge in [0, 0.05) is 48.8 Å². The number of rotatable bonds is 6. The van der Waals surface area contributed by atoms with E-state index < -0.39 is 0 Å². The fraction of sp³-hybridized carbons (Fsp3) is 0.625. The smallest absolute Gasteiger partial charge is 0.0900 e. The monoisotopic (exact) mass is 320 g/mol. The first-order valence-corrected chi connectivity index (χ1v) is 8.76. The molecule has 2 unspecified atom stereocenters. The zero-order valence-corrected chi connectivity index (χ0v) is 14.3. The molecule has 1 aliphatic heterocycles. The highest BCUT2D eigenvalue weighted by atomic mass is 32.1. The van der Waals surface area contributed by atoms with Gasteiger partial charge in [0.05, 0.1) is 23.0 Å². The summed E-state index contributed by atoms with van der Waals surface area (Å²) in [6.45, 7) is 9.86. The van der Waals surface area contributed by atoms with Crippen LogP contribution in [0.2, 0.25) is 0 Å². The molecule has 22 heavy (non-hydrogen) atoms. The lowest BCUT2D eigenvalue weighted by atomic mass is 9.97. The van der Waals surface area contributed by atoms with Crippen LogP contribution in [0.1, 0.15) is 40.6 Å². The van der Waals surface area contributed by atoms with Crippen LogP contribution in [0, 0.1) is 19.8 Å². The second-order valence-corrected chi connectivity index (χ2v) is 7.13. The van der Waals surface area contributed by atoms with Gasteiger partial charge in [0.15, 0.2) is 0 Å². The molecule has 1 N–H and O–H groups in total. The van der Waals surface area contributed by atoms with Crippen LogP contribution in [-0.4, -0.2) is 27.9 Å². The predicted molar refractivity (Wildman–Crippen MR) is 88.0 cm³/mol. The SMILES string of the molecule is CCn1cc(C2OCCC2CNCc2sc(C)nc2C)cn1. The van der Waals surface area contributed by atoms with Crippen molar-refractivity contribution in [1.82, 2.24) is 20.1 Å². The number of nitrogens with one attached hydrogen (secondary N) is 1. The predicted octanol–water partition coefficient (Wildman–Crippen LogP) is 2.84. The summed E-state index contributed by atoms with van der Waals surface area (Å²) >= 11 is 1.78. The van der Waals surface area contributed by atoms with Crippen LogP contribution >= 0.6 is 11.3 Å². The second-order valence-electron chi connectivity index (χ2n) is 5.84. The fourth-order valence-electron chi connectivity index (χ4n) is 3.02. The Bertz CT molecular complexity index is 621. The second kappa shape index (κ2) is 6.89. The van der Waals surface area contributed by atoms with Crippen LogP contribution in [0.25, 0.3) is 0 Å². The number of hydrogen-bond acceptors (Lipinski definition) is 5. The van der Waals surface area contributed by atoms with Crippen molar-refractivity contribution in [3.8, 4) is 0 Å². The van der Waals surface area contributed by atoms with Crippen LogP contribution in [0.4, 0.5) is 0 Å². The first-order valence-electron chi connectivity index (χ1n) is 7.95. The van der Waals surface area contributed by atoms with Gasteiger partial charge in [-0.1, -0.05) is 0 Å². The molecule has 3 heterocycles. The molecule has 0 spiro atoms. The van der Waals surface area contributed by atoms with Crippen molar-refractivity contribution in [3.63, 3.8) is 0 Å². The third-order valence-corrected chi connectivity index (χ3v) is 5.28. The zero-order chi connectivity index (χ0) is 15.5. The molecule has 0 saturated carbocycles. The molecule has 0 aromatic carbocycles. The van der Waals surface area contributed by atoms with Gasteiger partial charge < -0.3 is 10.1 Å². The van der Waals surface area contributed by atoms with Crippen LogP contribution in [0.3, 0.4) is 0 Å². The summed E-state index contributed by atoms with van der Waals surface area (Å²) in [6.07, 6.45) is 5.34. The third-order valence-electron chi connectivity index (χ3n) is 4.21. The summed E-state index contributed by atoms with van der Waals surface area (Å²) in [5.74, 6) is 0.517. The standard InChI is InChI=1S/C16H24N4OS/c1-4-20-10-14(8-18-20)16-13(5-6-21-16)7-17-9-15-11(2)19-12(3)22-15/h8,10,13,16-17H,4-7,9H2,1-3H3. The van der Waals surface area contributed by atoms with Gasteiger partial charge in [-0.15, -0.1) is 11.3 Å². The van der Waals surface area contributed by atoms with Crippen molar-refractivity contribution >= 4 is 11.3 Å². The van der Waals surface area contributed by atoms with Gasteiger partial charge in [-0.05, 0) is 27.2 Å². The number of aryl methyl sites for hydroxylation is 3. The highest BCUT2D eigenvalue weighted by Gasteiger charge is 2.30. The molecule has 2 aromatic rings. The molecule has 1 fully saturated rings. The normalized spacial score (nSPS) is 21.6. The van der Waals surface area contributed by atoms with Gasteiger partial charge in [0.25, 0.3) is 0 Å². The van der Waals surface area contributed by atoms with Gasteiger partial charge in [-0.25, -0.2) is 4.98 Å². The molecule has 1 saturated heterocycles. The van der Waals surface area contributed by atoms with Crippen molar-refractivity contribution in [2.45, 2.75) is 46.4 Å². The molecule has 0 radical (unpaired) electrons. The van der Waals surface area contributed by atoms with E-state index in [-0.39, 0.29) is 6.10 Å². The van der Waals surface area contributed by atoms with Crippen molar-refractivity contribution in [1.29, 1.82) is 0 Å². The molecular weight excluding hydrogens is 296 g/mol. The Morgan fingerprint density at radius 2 is 2.32 bits per heavy atom. The summed E-state index contributed by atoms with van der Waals surface area (Å²) < 4.78 is 7.90. The Labute approximate surface area is 135 Å². The van der Waals surface area contributed by atoms with E-state index in [0.717, 1.165) is 43.4 Å². The maximum absolute atomic E-state index is 5.94. The van der Waals surface area contributed by atoms with E-state index in [1.54, 1.807) is 11.3 Å². The van der Waals surface area contributed by atoms with Crippen LogP contribution in [-0.2, 0) is 17.8 Å². The van der Waals surface area contributed by atoms with Gasteiger partial charge in [-0.3, -0.25) is 4.68 Å². The Balaban J connectivity index is 1.56. The van der Waals surface area contributed by atoms with Gasteiger partial charge in [0.1, 0.15) is 0 Å². The molecule has 0 amide bonds. The van der Waals surface area contributed by atoms with Crippen molar-refractivity contribution in [2.75, 3.05) is 13.2 Å². The molecule has 1 aliphatic rings. The number of aromatic nitrogens is 3. The van der Waals surface area contributed by atoms with E-state index in [0.29, 0.717) is 5.92 Å². The Kier molecular flexibility index (Phi) is 4.90. The molecule has 120 valence electrons. The van der Waals surface area contributed by atoms with Crippen molar-refractivity contribution in [3.05, 3.63) is 33.5 Å². The highest BCUT2D eigenvalue weighted by Crippen LogP contribution is 2.34. The molecule has 0 aliphatic carbocycles. The summed E-state index contributed by atoms with van der Waals surface area (Å²) in [4.78, 5) is 5.82. The topological polar surface area (TPSA) is 52.0 Å². The van der Waals surface area contributed by atoms with E-state index in [1.807, 2.05) is 10.9 Å². The molecule has 2 aromatic heterocycles. The maximum atomic E-state index is 5.94. The lowest BCUT2D eigenvalue weighted by molar-refractivity contribution is 0.0904. The van der Waals surface area contributed by atoms with Crippen LogP contribution < -0.4 is 5.32 Å². The molecule has 2 atom stereocenters. The van der Waals surface area contributed by atoms with Gasteiger partial charge in [0.2, 0.25) is 0 Å². The third kappa shape index (κ3) is 3.39. The minimum Gasteiger partial charge on any atom is -0.373 e. The number of nitrogens with zero attached hydrogens (tertiary/aromatic N) is 3. The first kappa shape index (κ1) is 15.6. The number of ether oxygens (including phenoxy) is 1. The minimum atomic E-state index is 0.178. The summed E-state index contributed by atoms with van der Waals surface area (Å²) in [6, 6.07) is 0.